The Hall–Kier alpha value is -2.16. The summed E-state index contributed by atoms with van der Waals surface area (Å²) < 4.78 is 29.6. The lowest BCUT2D eigenvalue weighted by atomic mass is 10.2. The second-order valence-electron chi connectivity index (χ2n) is 5.17. The van der Waals surface area contributed by atoms with Gasteiger partial charge in [0, 0.05) is 6.26 Å². The number of nitrogens with zero attached hydrogens (tertiary/aromatic N) is 1. The largest absolute Gasteiger partial charge is 0.494 e. The van der Waals surface area contributed by atoms with E-state index in [1.54, 1.807) is 24.3 Å². The van der Waals surface area contributed by atoms with Gasteiger partial charge in [-0.1, -0.05) is 35.1 Å². The molecule has 0 bridgehead atoms. The Morgan fingerprint density at radius 3 is 2.64 bits per heavy atom. The van der Waals surface area contributed by atoms with Crippen LogP contribution < -0.4 is 10.1 Å². The van der Waals surface area contributed by atoms with E-state index in [1.165, 1.54) is 30.6 Å². The van der Waals surface area contributed by atoms with Crippen LogP contribution in [0.15, 0.2) is 41.3 Å². The molecule has 0 aliphatic carbocycles. The lowest BCUT2D eigenvalue weighted by Crippen LogP contribution is -2.15. The number of sulfone groups is 1. The number of thiazole rings is 1. The number of carbonyl (C=O) groups is 1. The third-order valence-electron chi connectivity index (χ3n) is 3.43. The van der Waals surface area contributed by atoms with Gasteiger partial charge in [0.05, 0.1) is 27.3 Å². The average Bonchev–Trinajstić information content (AvgIpc) is 2.99. The maximum absolute atomic E-state index is 12.5. The summed E-state index contributed by atoms with van der Waals surface area (Å²) >= 11 is 7.35. The van der Waals surface area contributed by atoms with Gasteiger partial charge in [0.25, 0.3) is 5.91 Å². The number of amides is 1. The van der Waals surface area contributed by atoms with Crippen LogP contribution in [-0.4, -0.2) is 32.7 Å². The van der Waals surface area contributed by atoms with Crippen molar-refractivity contribution in [3.8, 4) is 5.75 Å². The lowest BCUT2D eigenvalue weighted by Gasteiger charge is -2.06. The molecule has 0 atom stereocenters. The molecule has 0 saturated carbocycles. The van der Waals surface area contributed by atoms with Gasteiger partial charge in [-0.05, 0) is 24.3 Å². The Bertz CT molecular complexity index is 1080. The fourth-order valence-corrected chi connectivity index (χ4v) is 4.35. The molecule has 0 radical (unpaired) electrons. The van der Waals surface area contributed by atoms with E-state index in [4.69, 9.17) is 16.3 Å². The van der Waals surface area contributed by atoms with Gasteiger partial charge in [0.2, 0.25) is 0 Å². The molecule has 25 heavy (non-hydrogen) atoms. The first-order valence-corrected chi connectivity index (χ1v) is 10.1. The van der Waals surface area contributed by atoms with Gasteiger partial charge in [-0.15, -0.1) is 0 Å². The summed E-state index contributed by atoms with van der Waals surface area (Å²) in [6, 6.07) is 9.38. The number of aromatic nitrogens is 1. The summed E-state index contributed by atoms with van der Waals surface area (Å²) in [6.45, 7) is 0. The van der Waals surface area contributed by atoms with Crippen LogP contribution in [0.4, 0.5) is 5.13 Å². The van der Waals surface area contributed by atoms with Gasteiger partial charge in [-0.3, -0.25) is 10.1 Å². The second-order valence-corrected chi connectivity index (χ2v) is 8.56. The smallest absolute Gasteiger partial charge is 0.258 e. The molecule has 9 heteroatoms. The molecule has 0 fully saturated rings. The van der Waals surface area contributed by atoms with Crippen LogP contribution in [0.5, 0.6) is 5.75 Å². The second kappa shape index (κ2) is 6.62. The Morgan fingerprint density at radius 2 is 1.96 bits per heavy atom. The predicted molar refractivity (Wildman–Crippen MR) is 98.7 cm³/mol. The van der Waals surface area contributed by atoms with Crippen molar-refractivity contribution in [2.24, 2.45) is 0 Å². The summed E-state index contributed by atoms with van der Waals surface area (Å²) in [4.78, 5) is 16.8. The van der Waals surface area contributed by atoms with Crippen molar-refractivity contribution < 1.29 is 17.9 Å². The van der Waals surface area contributed by atoms with Crippen LogP contribution in [0, 0.1) is 0 Å². The van der Waals surface area contributed by atoms with E-state index < -0.39 is 15.7 Å². The third-order valence-corrected chi connectivity index (χ3v) is 6.02. The number of hydrogen-bond acceptors (Lipinski definition) is 6. The molecule has 130 valence electrons. The van der Waals surface area contributed by atoms with Crippen molar-refractivity contribution in [2.75, 3.05) is 18.7 Å². The van der Waals surface area contributed by atoms with E-state index in [0.29, 0.717) is 26.1 Å². The van der Waals surface area contributed by atoms with E-state index in [0.717, 1.165) is 6.26 Å². The lowest BCUT2D eigenvalue weighted by molar-refractivity contribution is 0.102. The summed E-state index contributed by atoms with van der Waals surface area (Å²) in [5.74, 6) is -0.0251. The van der Waals surface area contributed by atoms with E-state index in [-0.39, 0.29) is 10.5 Å². The molecule has 1 heterocycles. The number of hydrogen-bond donors (Lipinski definition) is 1. The Morgan fingerprint density at radius 1 is 1.24 bits per heavy atom. The molecular formula is C16H13ClN2O4S2. The topological polar surface area (TPSA) is 85.4 Å². The van der Waals surface area contributed by atoms with Crippen LogP contribution in [0.2, 0.25) is 5.02 Å². The minimum atomic E-state index is -3.53. The fourth-order valence-electron chi connectivity index (χ4n) is 2.31. The van der Waals surface area contributed by atoms with Crippen LogP contribution in [0.1, 0.15) is 10.4 Å². The number of carbonyl (C=O) groups excluding carboxylic acids is 1. The normalized spacial score (nSPS) is 11.5. The highest BCUT2D eigenvalue weighted by Gasteiger charge is 2.20. The van der Waals surface area contributed by atoms with Crippen molar-refractivity contribution in [3.63, 3.8) is 0 Å². The van der Waals surface area contributed by atoms with Crippen LogP contribution in [-0.2, 0) is 9.84 Å². The number of halogens is 1. The van der Waals surface area contributed by atoms with Crippen molar-refractivity contribution in [2.45, 2.75) is 4.90 Å². The highest BCUT2D eigenvalue weighted by Crippen LogP contribution is 2.37. The number of rotatable bonds is 4. The highest BCUT2D eigenvalue weighted by atomic mass is 35.5. The van der Waals surface area contributed by atoms with Crippen molar-refractivity contribution in [1.29, 1.82) is 0 Å². The molecule has 0 spiro atoms. The molecule has 0 aliphatic heterocycles. The SMILES string of the molecule is COc1ccc(Cl)c2sc(NC(=O)c3ccccc3S(C)(=O)=O)nc12. The van der Waals surface area contributed by atoms with Gasteiger partial charge in [-0.2, -0.15) is 0 Å². The maximum atomic E-state index is 12.5. The summed E-state index contributed by atoms with van der Waals surface area (Å²) in [6.07, 6.45) is 1.06. The molecule has 1 aromatic heterocycles. The Balaban J connectivity index is 2.00. The molecule has 2 aromatic carbocycles. The van der Waals surface area contributed by atoms with Gasteiger partial charge >= 0.3 is 0 Å². The Kier molecular flexibility index (Phi) is 4.68. The number of ether oxygens (including phenoxy) is 1. The van der Waals surface area contributed by atoms with Gasteiger partial charge in [0.1, 0.15) is 11.3 Å². The van der Waals surface area contributed by atoms with Crippen LogP contribution >= 0.6 is 22.9 Å². The molecule has 3 aromatic rings. The molecular weight excluding hydrogens is 384 g/mol. The molecule has 0 aliphatic rings. The first kappa shape index (κ1) is 17.7. The summed E-state index contributed by atoms with van der Waals surface area (Å²) in [7, 11) is -2.02. The number of methoxy groups -OCH3 is 1. The van der Waals surface area contributed by atoms with Crippen molar-refractivity contribution >= 4 is 54.0 Å². The van der Waals surface area contributed by atoms with Crippen molar-refractivity contribution in [3.05, 3.63) is 47.0 Å². The minimum Gasteiger partial charge on any atom is -0.494 e. The van der Waals surface area contributed by atoms with Crippen LogP contribution in [0.25, 0.3) is 10.2 Å². The van der Waals surface area contributed by atoms with Gasteiger partial charge < -0.3 is 4.74 Å². The van der Waals surface area contributed by atoms with Gasteiger partial charge in [0.15, 0.2) is 15.0 Å². The first-order valence-electron chi connectivity index (χ1n) is 7.04. The quantitative estimate of drug-likeness (QED) is 0.728. The standard InChI is InChI=1S/C16H13ClN2O4S2/c1-23-11-8-7-10(17)14-13(11)18-16(24-14)19-15(20)9-5-3-4-6-12(9)25(2,21)22/h3-8H,1-2H3,(H,18,19,20). The van der Waals surface area contributed by atoms with E-state index >= 15 is 0 Å². The molecule has 3 rings (SSSR count). The molecule has 6 nitrogen and oxygen atoms in total. The number of fused-ring (bicyclic) bond motifs is 1. The van der Waals surface area contributed by atoms with E-state index in [1.807, 2.05) is 0 Å². The maximum Gasteiger partial charge on any atom is 0.258 e. The minimum absolute atomic E-state index is 0.0378. The Labute approximate surface area is 153 Å². The zero-order chi connectivity index (χ0) is 18.2. The highest BCUT2D eigenvalue weighted by molar-refractivity contribution is 7.90. The molecule has 1 N–H and O–H groups in total. The predicted octanol–water partition coefficient (Wildman–Crippen LogP) is 3.61. The molecule has 1 amide bonds. The van der Waals surface area contributed by atoms with Crippen molar-refractivity contribution in [1.82, 2.24) is 4.98 Å². The first-order chi connectivity index (χ1) is 11.8. The number of benzene rings is 2. The zero-order valence-electron chi connectivity index (χ0n) is 13.2. The number of nitrogens with one attached hydrogen (secondary N) is 1. The van der Waals surface area contributed by atoms with E-state index in [9.17, 15) is 13.2 Å². The van der Waals surface area contributed by atoms with E-state index in [2.05, 4.69) is 10.3 Å². The van der Waals surface area contributed by atoms with Crippen LogP contribution in [0.3, 0.4) is 0 Å². The molecule has 0 unspecified atom stereocenters. The van der Waals surface area contributed by atoms with Gasteiger partial charge in [-0.25, -0.2) is 13.4 Å². The average molecular weight is 397 g/mol. The third kappa shape index (κ3) is 3.46. The monoisotopic (exact) mass is 396 g/mol. The fraction of sp³-hybridized carbons (Fsp3) is 0.125. The summed E-state index contributed by atoms with van der Waals surface area (Å²) in [5, 5.41) is 3.42. The molecule has 0 saturated heterocycles. The zero-order valence-corrected chi connectivity index (χ0v) is 15.6. The number of anilines is 1. The summed E-state index contributed by atoms with van der Waals surface area (Å²) in [5.41, 5.74) is 0.592.